The standard InChI is InChI=1S/C27H31NO4S/c1-6-32-26(29)24-13-10-14-25(20(24)2)28(19-21-11-8-7-9-12-21)33(30,31)23-17-15-22(16-18-23)27(3,4)5/h7-18H,6,19H2,1-5H3. The van der Waals surface area contributed by atoms with Gasteiger partial charge in [0.15, 0.2) is 0 Å². The zero-order chi connectivity index (χ0) is 24.2. The molecule has 3 aromatic rings. The largest absolute Gasteiger partial charge is 0.462 e. The van der Waals surface area contributed by atoms with Crippen LogP contribution in [0.4, 0.5) is 5.69 Å². The van der Waals surface area contributed by atoms with Crippen LogP contribution in [-0.4, -0.2) is 21.0 Å². The number of ether oxygens (including phenoxy) is 1. The molecule has 3 aromatic carbocycles. The minimum Gasteiger partial charge on any atom is -0.462 e. The van der Waals surface area contributed by atoms with E-state index in [0.717, 1.165) is 11.1 Å². The van der Waals surface area contributed by atoms with Crippen molar-refractivity contribution in [3.05, 3.63) is 95.1 Å². The molecule has 0 aliphatic rings. The lowest BCUT2D eigenvalue weighted by molar-refractivity contribution is 0.0525. The fourth-order valence-corrected chi connectivity index (χ4v) is 5.14. The Morgan fingerprint density at radius 1 is 0.909 bits per heavy atom. The summed E-state index contributed by atoms with van der Waals surface area (Å²) in [5, 5.41) is 0. The van der Waals surface area contributed by atoms with Gasteiger partial charge in [-0.15, -0.1) is 0 Å². The zero-order valence-electron chi connectivity index (χ0n) is 19.8. The molecule has 0 saturated carbocycles. The second-order valence-electron chi connectivity index (χ2n) is 8.94. The van der Waals surface area contributed by atoms with E-state index in [2.05, 4.69) is 20.8 Å². The number of nitrogens with zero attached hydrogens (tertiary/aromatic N) is 1. The number of hydrogen-bond donors (Lipinski definition) is 0. The Balaban J connectivity index is 2.13. The van der Waals surface area contributed by atoms with Crippen LogP contribution >= 0.6 is 0 Å². The normalized spacial score (nSPS) is 11.8. The van der Waals surface area contributed by atoms with Crippen LogP contribution in [0.3, 0.4) is 0 Å². The topological polar surface area (TPSA) is 63.7 Å². The summed E-state index contributed by atoms with van der Waals surface area (Å²) in [5.74, 6) is -0.469. The van der Waals surface area contributed by atoms with Crippen molar-refractivity contribution >= 4 is 21.7 Å². The molecule has 6 heteroatoms. The van der Waals surface area contributed by atoms with Gasteiger partial charge in [-0.1, -0.05) is 69.3 Å². The van der Waals surface area contributed by atoms with Crippen molar-refractivity contribution in [2.75, 3.05) is 10.9 Å². The van der Waals surface area contributed by atoms with Crippen LogP contribution in [0, 0.1) is 6.92 Å². The van der Waals surface area contributed by atoms with E-state index in [4.69, 9.17) is 4.74 Å². The predicted molar refractivity (Wildman–Crippen MR) is 132 cm³/mol. The lowest BCUT2D eigenvalue weighted by Gasteiger charge is -2.27. The van der Waals surface area contributed by atoms with Crippen LogP contribution in [-0.2, 0) is 26.7 Å². The lowest BCUT2D eigenvalue weighted by Crippen LogP contribution is -2.31. The lowest BCUT2D eigenvalue weighted by atomic mass is 9.87. The summed E-state index contributed by atoms with van der Waals surface area (Å²) in [6.07, 6.45) is 0. The Hall–Kier alpha value is -3.12. The van der Waals surface area contributed by atoms with Crippen molar-refractivity contribution in [1.82, 2.24) is 0 Å². The highest BCUT2D eigenvalue weighted by Crippen LogP contribution is 2.32. The van der Waals surface area contributed by atoms with E-state index < -0.39 is 16.0 Å². The summed E-state index contributed by atoms with van der Waals surface area (Å²) < 4.78 is 34.3. The first-order valence-electron chi connectivity index (χ1n) is 11.0. The highest BCUT2D eigenvalue weighted by molar-refractivity contribution is 7.92. The monoisotopic (exact) mass is 465 g/mol. The van der Waals surface area contributed by atoms with Gasteiger partial charge >= 0.3 is 5.97 Å². The van der Waals surface area contributed by atoms with Gasteiger partial charge in [-0.05, 0) is 60.2 Å². The molecular formula is C27H31NO4S. The van der Waals surface area contributed by atoms with Crippen molar-refractivity contribution in [2.24, 2.45) is 0 Å². The zero-order valence-corrected chi connectivity index (χ0v) is 20.6. The van der Waals surface area contributed by atoms with Crippen molar-refractivity contribution in [3.63, 3.8) is 0 Å². The fraction of sp³-hybridized carbons (Fsp3) is 0.296. The summed E-state index contributed by atoms with van der Waals surface area (Å²) in [7, 11) is -3.91. The second-order valence-corrected chi connectivity index (χ2v) is 10.8. The molecule has 33 heavy (non-hydrogen) atoms. The Morgan fingerprint density at radius 2 is 1.55 bits per heavy atom. The number of rotatable bonds is 7. The fourth-order valence-electron chi connectivity index (χ4n) is 3.63. The minimum atomic E-state index is -3.91. The van der Waals surface area contributed by atoms with E-state index in [1.807, 2.05) is 42.5 Å². The Bertz CT molecular complexity index is 1210. The van der Waals surface area contributed by atoms with Crippen LogP contribution in [0.2, 0.25) is 0 Å². The Morgan fingerprint density at radius 3 is 2.12 bits per heavy atom. The summed E-state index contributed by atoms with van der Waals surface area (Å²) >= 11 is 0. The van der Waals surface area contributed by atoms with E-state index in [9.17, 15) is 13.2 Å². The third-order valence-electron chi connectivity index (χ3n) is 5.55. The maximum atomic E-state index is 13.9. The smallest absolute Gasteiger partial charge is 0.338 e. The number of esters is 1. The number of anilines is 1. The molecule has 0 N–H and O–H groups in total. The van der Waals surface area contributed by atoms with Gasteiger partial charge in [-0.25, -0.2) is 13.2 Å². The first kappa shape index (κ1) is 24.5. The van der Waals surface area contributed by atoms with Crippen molar-refractivity contribution in [2.45, 2.75) is 51.5 Å². The number of benzene rings is 3. The average Bonchev–Trinajstić information content (AvgIpc) is 2.78. The predicted octanol–water partition coefficient (Wildman–Crippen LogP) is 5.86. The molecule has 0 fully saturated rings. The average molecular weight is 466 g/mol. The van der Waals surface area contributed by atoms with Crippen LogP contribution in [0.5, 0.6) is 0 Å². The maximum absolute atomic E-state index is 13.9. The van der Waals surface area contributed by atoms with Gasteiger partial charge in [0.1, 0.15) is 0 Å². The van der Waals surface area contributed by atoms with E-state index in [0.29, 0.717) is 16.8 Å². The van der Waals surface area contributed by atoms with Crippen LogP contribution in [0.15, 0.2) is 77.7 Å². The number of carbonyl (C=O) groups excluding carboxylic acids is 1. The van der Waals surface area contributed by atoms with Gasteiger partial charge in [0.05, 0.1) is 29.3 Å². The molecule has 0 amide bonds. The molecule has 0 heterocycles. The Kier molecular flexibility index (Phi) is 7.28. The molecule has 5 nitrogen and oxygen atoms in total. The maximum Gasteiger partial charge on any atom is 0.338 e. The Labute approximate surface area is 197 Å². The third kappa shape index (κ3) is 5.45. The van der Waals surface area contributed by atoms with Crippen molar-refractivity contribution in [3.8, 4) is 0 Å². The van der Waals surface area contributed by atoms with Crippen LogP contribution in [0.1, 0.15) is 54.7 Å². The van der Waals surface area contributed by atoms with Crippen LogP contribution in [0.25, 0.3) is 0 Å². The molecular weight excluding hydrogens is 434 g/mol. The second kappa shape index (κ2) is 9.79. The van der Waals surface area contributed by atoms with Gasteiger partial charge in [0.2, 0.25) is 0 Å². The summed E-state index contributed by atoms with van der Waals surface area (Å²) in [5.41, 5.74) is 3.16. The summed E-state index contributed by atoms with van der Waals surface area (Å²) in [6.45, 7) is 10.1. The van der Waals surface area contributed by atoms with E-state index in [1.54, 1.807) is 44.2 Å². The summed E-state index contributed by atoms with van der Waals surface area (Å²) in [4.78, 5) is 12.7. The third-order valence-corrected chi connectivity index (χ3v) is 7.32. The number of carbonyl (C=O) groups is 1. The molecule has 0 aliphatic heterocycles. The van der Waals surface area contributed by atoms with E-state index >= 15 is 0 Å². The minimum absolute atomic E-state index is 0.0867. The SMILES string of the molecule is CCOC(=O)c1cccc(N(Cc2ccccc2)S(=O)(=O)c2ccc(C(C)(C)C)cc2)c1C. The summed E-state index contributed by atoms with van der Waals surface area (Å²) in [6, 6.07) is 21.5. The molecule has 0 spiro atoms. The van der Waals surface area contributed by atoms with E-state index in [1.165, 1.54) is 4.31 Å². The van der Waals surface area contributed by atoms with Gasteiger partial charge in [0, 0.05) is 0 Å². The quantitative estimate of drug-likeness (QED) is 0.410. The molecule has 0 unspecified atom stereocenters. The number of hydrogen-bond acceptors (Lipinski definition) is 4. The van der Waals surface area contributed by atoms with Crippen LogP contribution < -0.4 is 4.31 Å². The molecule has 0 bridgehead atoms. The van der Waals surface area contributed by atoms with Crippen molar-refractivity contribution in [1.29, 1.82) is 0 Å². The van der Waals surface area contributed by atoms with Gasteiger partial charge in [-0.3, -0.25) is 4.31 Å². The molecule has 0 aliphatic carbocycles. The van der Waals surface area contributed by atoms with Gasteiger partial charge in [-0.2, -0.15) is 0 Å². The molecule has 0 radical (unpaired) electrons. The highest BCUT2D eigenvalue weighted by atomic mass is 32.2. The number of sulfonamides is 1. The molecule has 3 rings (SSSR count). The molecule has 174 valence electrons. The first-order valence-corrected chi connectivity index (χ1v) is 12.4. The highest BCUT2D eigenvalue weighted by Gasteiger charge is 2.28. The first-order chi connectivity index (χ1) is 15.6. The van der Waals surface area contributed by atoms with Crippen molar-refractivity contribution < 1.29 is 17.9 Å². The van der Waals surface area contributed by atoms with E-state index in [-0.39, 0.29) is 23.5 Å². The van der Waals surface area contributed by atoms with Gasteiger partial charge in [0.25, 0.3) is 10.0 Å². The molecule has 0 aromatic heterocycles. The van der Waals surface area contributed by atoms with Gasteiger partial charge < -0.3 is 4.74 Å². The molecule has 0 atom stereocenters. The molecule has 0 saturated heterocycles.